The average molecular weight is 766 g/mol. The van der Waals surface area contributed by atoms with E-state index in [4.69, 9.17) is 33.2 Å². The van der Waals surface area contributed by atoms with Gasteiger partial charge in [0.15, 0.2) is 12.1 Å². The zero-order valence-corrected chi connectivity index (χ0v) is 33.7. The van der Waals surface area contributed by atoms with Crippen LogP contribution in [0.2, 0.25) is 0 Å². The summed E-state index contributed by atoms with van der Waals surface area (Å²) in [5, 5.41) is 3.91. The highest BCUT2D eigenvalue weighted by atomic mass is 16.7. The van der Waals surface area contributed by atoms with Gasteiger partial charge in [0.2, 0.25) is 0 Å². The molecule has 0 spiro atoms. The van der Waals surface area contributed by atoms with Crippen LogP contribution in [-0.2, 0) is 54.1 Å². The molecule has 0 bridgehead atoms. The Labute approximate surface area is 326 Å². The Morgan fingerprint density at radius 1 is 0.891 bits per heavy atom. The van der Waals surface area contributed by atoms with Crippen LogP contribution in [0.1, 0.15) is 84.6 Å². The van der Waals surface area contributed by atoms with Crippen molar-refractivity contribution in [2.45, 2.75) is 141 Å². The molecule has 5 fully saturated rings. The van der Waals surface area contributed by atoms with Crippen LogP contribution < -0.4 is 5.32 Å². The highest BCUT2D eigenvalue weighted by Gasteiger charge is 2.64. The maximum Gasteiger partial charge on any atom is 0.306 e. The molecule has 55 heavy (non-hydrogen) atoms. The highest BCUT2D eigenvalue weighted by Crippen LogP contribution is 2.66. The van der Waals surface area contributed by atoms with Gasteiger partial charge < -0.3 is 38.5 Å². The zero-order chi connectivity index (χ0) is 39.0. The highest BCUT2D eigenvalue weighted by molar-refractivity contribution is 5.99. The molecule has 304 valence electrons. The number of rotatable bonds is 10. The molecule has 3 saturated carbocycles. The van der Waals surface area contributed by atoms with Gasteiger partial charge in [0.05, 0.1) is 24.5 Å². The molecule has 11 nitrogen and oxygen atoms in total. The molecule has 6 aliphatic rings. The Morgan fingerprint density at radius 2 is 1.62 bits per heavy atom. The van der Waals surface area contributed by atoms with Crippen molar-refractivity contribution in [3.05, 3.63) is 47.5 Å². The summed E-state index contributed by atoms with van der Waals surface area (Å²) >= 11 is 0. The first-order chi connectivity index (χ1) is 26.6. The minimum atomic E-state index is -0.617. The summed E-state index contributed by atoms with van der Waals surface area (Å²) in [5.41, 5.74) is 1.95. The predicted molar refractivity (Wildman–Crippen MR) is 203 cm³/mol. The molecule has 1 aromatic rings. The van der Waals surface area contributed by atoms with E-state index in [1.807, 2.05) is 26.8 Å². The van der Waals surface area contributed by atoms with Gasteiger partial charge in [-0.3, -0.25) is 14.4 Å². The summed E-state index contributed by atoms with van der Waals surface area (Å²) in [4.78, 5) is 40.9. The van der Waals surface area contributed by atoms with E-state index in [-0.39, 0.29) is 90.3 Å². The smallest absolute Gasteiger partial charge is 0.306 e. The second-order valence-electron chi connectivity index (χ2n) is 17.2. The van der Waals surface area contributed by atoms with Gasteiger partial charge >= 0.3 is 11.9 Å². The number of hydrogen-bond donors (Lipinski definition) is 1. The van der Waals surface area contributed by atoms with E-state index in [9.17, 15) is 14.4 Å². The van der Waals surface area contributed by atoms with Crippen molar-refractivity contribution >= 4 is 17.7 Å². The number of ketones is 1. The number of nitrogens with one attached hydrogen (secondary N) is 1. The van der Waals surface area contributed by atoms with Crippen LogP contribution in [-0.4, -0.2) is 94.1 Å². The quantitative estimate of drug-likeness (QED) is 0.290. The molecule has 1 N–H and O–H groups in total. The van der Waals surface area contributed by atoms with Crippen molar-refractivity contribution in [2.24, 2.45) is 47.3 Å². The van der Waals surface area contributed by atoms with E-state index in [2.05, 4.69) is 35.7 Å². The first-order valence-electron chi connectivity index (χ1n) is 20.9. The second-order valence-corrected chi connectivity index (χ2v) is 17.2. The number of fused-ring (bicyclic) bond motifs is 8. The molecule has 2 heterocycles. The van der Waals surface area contributed by atoms with Crippen molar-refractivity contribution in [2.75, 3.05) is 21.3 Å². The molecule has 0 amide bonds. The monoisotopic (exact) mass is 765 g/mol. The Kier molecular flexibility index (Phi) is 12.9. The molecule has 4 unspecified atom stereocenters. The summed E-state index contributed by atoms with van der Waals surface area (Å²) in [6, 6.07) is 10.7. The fraction of sp³-hybridized carbons (Fsp3) is 0.750. The van der Waals surface area contributed by atoms with Crippen LogP contribution in [0.4, 0.5) is 0 Å². The normalized spacial score (nSPS) is 43.0. The van der Waals surface area contributed by atoms with E-state index < -0.39 is 24.4 Å². The number of ether oxygens (including phenoxy) is 7. The zero-order valence-electron chi connectivity index (χ0n) is 33.7. The number of allylic oxidation sites excluding steroid dienone is 2. The molecule has 2 saturated heterocycles. The van der Waals surface area contributed by atoms with Gasteiger partial charge in [0.1, 0.15) is 30.5 Å². The summed E-state index contributed by atoms with van der Waals surface area (Å²) in [7, 11) is 4.98. The van der Waals surface area contributed by atoms with Gasteiger partial charge in [-0.25, -0.2) is 0 Å². The van der Waals surface area contributed by atoms with Crippen molar-refractivity contribution in [1.82, 2.24) is 5.32 Å². The summed E-state index contributed by atoms with van der Waals surface area (Å²) in [5.74, 6) is 0.164. The SMILES string of the molecule is CC[C@H]1CCC[C@H](OC(C)=O)[C@@H](C)C(=O)C2=C[C@H]3[C@@H]4C[C@H](O[C@@H]5OC(C)[C@H](OC)C(OC)C5OC)C[C@H]4[C@@H]4CC(NCc5ccccc5)[C@@H]4[C@H]3[C@@H]2CC(=O)O1. The van der Waals surface area contributed by atoms with Crippen molar-refractivity contribution in [1.29, 1.82) is 0 Å². The molecule has 11 heteroatoms. The Morgan fingerprint density at radius 3 is 2.31 bits per heavy atom. The number of cyclic esters (lactones) is 1. The second kappa shape index (κ2) is 17.4. The van der Waals surface area contributed by atoms with Gasteiger partial charge in [-0.05, 0) is 98.5 Å². The molecule has 1 aromatic carbocycles. The van der Waals surface area contributed by atoms with Crippen LogP contribution in [0.25, 0.3) is 0 Å². The third kappa shape index (κ3) is 8.08. The molecule has 0 aromatic heterocycles. The number of hydrogen-bond acceptors (Lipinski definition) is 11. The number of benzene rings is 1. The van der Waals surface area contributed by atoms with E-state index in [0.29, 0.717) is 37.5 Å². The van der Waals surface area contributed by atoms with Gasteiger partial charge in [-0.2, -0.15) is 0 Å². The summed E-state index contributed by atoms with van der Waals surface area (Å²) in [6.45, 7) is 8.09. The minimum absolute atomic E-state index is 0.0103. The lowest BCUT2D eigenvalue weighted by Gasteiger charge is -2.59. The fourth-order valence-corrected chi connectivity index (χ4v) is 11.7. The molecule has 2 aliphatic heterocycles. The molecule has 17 atom stereocenters. The lowest BCUT2D eigenvalue weighted by Crippen LogP contribution is -2.61. The number of methoxy groups -OCH3 is 3. The van der Waals surface area contributed by atoms with Crippen LogP contribution in [0.5, 0.6) is 0 Å². The minimum Gasteiger partial charge on any atom is -0.462 e. The summed E-state index contributed by atoms with van der Waals surface area (Å²) < 4.78 is 42.8. The first-order valence-corrected chi connectivity index (χ1v) is 20.9. The van der Waals surface area contributed by atoms with Gasteiger partial charge in [-0.15, -0.1) is 0 Å². The standard InChI is InChI=1S/C44H63NO10/c1-8-27-15-12-16-36(53-25(4)46)23(2)40(48)34-19-31-29-17-28(55-44-43(51-7)42(50-6)41(49-5)24(3)52-44)18-30(29)32-20-35(45-22-26-13-10-9-11-14-26)39(32)38(31)33(34)21-37(47)54-27/h9-11,13-14,19,23-24,27-33,35-36,38-39,41-45H,8,12,15-18,20-22H2,1-7H3/t23-,24?,27+,28+,29-,30-,31+,32+,33-,35?,36+,38-,39-,41+,42?,43?,44+/m1/s1. The third-order valence-corrected chi connectivity index (χ3v) is 14.3. The number of carbonyl (C=O) groups excluding carboxylic acids is 3. The van der Waals surface area contributed by atoms with E-state index in [1.54, 1.807) is 21.3 Å². The van der Waals surface area contributed by atoms with E-state index in [0.717, 1.165) is 31.4 Å². The maximum atomic E-state index is 14.7. The number of Topliss-reactive ketones (excluding diaryl/α,β-unsaturated/α-hetero) is 1. The summed E-state index contributed by atoms with van der Waals surface area (Å²) in [6.07, 6.45) is 5.02. The Bertz CT molecular complexity index is 1540. The van der Waals surface area contributed by atoms with Crippen LogP contribution >= 0.6 is 0 Å². The molecular formula is C44H63NO10. The van der Waals surface area contributed by atoms with Gasteiger partial charge in [-0.1, -0.05) is 50.3 Å². The maximum absolute atomic E-state index is 14.7. The van der Waals surface area contributed by atoms with Crippen LogP contribution in [0.3, 0.4) is 0 Å². The number of esters is 2. The lowest BCUT2D eigenvalue weighted by molar-refractivity contribution is -0.314. The van der Waals surface area contributed by atoms with Crippen LogP contribution in [0.15, 0.2) is 42.0 Å². The number of carbonyl (C=O) groups is 3. The average Bonchev–Trinajstić information content (AvgIpc) is 3.73. The van der Waals surface area contributed by atoms with Crippen molar-refractivity contribution in [3.8, 4) is 0 Å². The van der Waals surface area contributed by atoms with E-state index in [1.165, 1.54) is 12.5 Å². The van der Waals surface area contributed by atoms with Gasteiger partial charge in [0, 0.05) is 46.8 Å². The lowest BCUT2D eigenvalue weighted by atomic mass is 9.47. The van der Waals surface area contributed by atoms with Gasteiger partial charge in [0.25, 0.3) is 0 Å². The van der Waals surface area contributed by atoms with E-state index >= 15 is 0 Å². The first kappa shape index (κ1) is 40.5. The molecule has 7 rings (SSSR count). The topological polar surface area (TPSA) is 128 Å². The van der Waals surface area contributed by atoms with Crippen molar-refractivity contribution < 1.29 is 47.5 Å². The predicted octanol–water partition coefficient (Wildman–Crippen LogP) is 5.82. The molecular weight excluding hydrogens is 702 g/mol. The third-order valence-electron chi connectivity index (χ3n) is 14.3. The fourth-order valence-electron chi connectivity index (χ4n) is 11.7. The largest absolute Gasteiger partial charge is 0.462 e. The molecule has 4 aliphatic carbocycles. The van der Waals surface area contributed by atoms with Crippen LogP contribution in [0, 0.1) is 47.3 Å². The van der Waals surface area contributed by atoms with Crippen molar-refractivity contribution in [3.63, 3.8) is 0 Å². The molecule has 0 radical (unpaired) electrons. The Balaban J connectivity index is 1.20. The Hall–Kier alpha value is -2.67.